The highest BCUT2D eigenvalue weighted by Crippen LogP contribution is 2.06. The topological polar surface area (TPSA) is 60.9 Å². The van der Waals surface area contributed by atoms with Gasteiger partial charge in [-0.3, -0.25) is 14.5 Å². The molecule has 1 heterocycles. The first-order chi connectivity index (χ1) is 8.13. The van der Waals surface area contributed by atoms with Crippen LogP contribution in [0.15, 0.2) is 0 Å². The first kappa shape index (κ1) is 14.3. The van der Waals surface area contributed by atoms with Crippen molar-refractivity contribution in [3.63, 3.8) is 0 Å². The predicted molar refractivity (Wildman–Crippen MR) is 65.2 cm³/mol. The zero-order chi connectivity index (χ0) is 12.7. The van der Waals surface area contributed by atoms with Gasteiger partial charge in [-0.2, -0.15) is 0 Å². The molecule has 0 aromatic rings. The molecular formula is C11H19ClN2O3. The van der Waals surface area contributed by atoms with Crippen molar-refractivity contribution in [3.05, 3.63) is 0 Å². The fourth-order valence-electron chi connectivity index (χ4n) is 1.88. The molecule has 0 bridgehead atoms. The molecule has 98 valence electrons. The molecule has 1 fully saturated rings. The second-order valence-electron chi connectivity index (χ2n) is 4.16. The summed E-state index contributed by atoms with van der Waals surface area (Å²) in [6, 6.07) is 0. The molecule has 1 rings (SSSR count). The van der Waals surface area contributed by atoms with Gasteiger partial charge in [0, 0.05) is 38.5 Å². The van der Waals surface area contributed by atoms with Crippen LogP contribution < -0.4 is 0 Å². The van der Waals surface area contributed by atoms with Crippen LogP contribution in [0.3, 0.4) is 0 Å². The Balaban J connectivity index is 2.21. The Morgan fingerprint density at radius 2 is 1.76 bits per heavy atom. The quantitative estimate of drug-likeness (QED) is 0.713. The Hall–Kier alpha value is -0.810. The number of nitrogens with zero attached hydrogens (tertiary/aromatic N) is 2. The number of hydrogen-bond acceptors (Lipinski definition) is 3. The van der Waals surface area contributed by atoms with E-state index in [0.29, 0.717) is 19.0 Å². The van der Waals surface area contributed by atoms with Crippen LogP contribution in [-0.4, -0.2) is 65.4 Å². The van der Waals surface area contributed by atoms with Gasteiger partial charge < -0.3 is 10.0 Å². The molecule has 17 heavy (non-hydrogen) atoms. The molecule has 0 aliphatic carbocycles. The summed E-state index contributed by atoms with van der Waals surface area (Å²) >= 11 is 5.62. The van der Waals surface area contributed by atoms with Crippen molar-refractivity contribution >= 4 is 23.5 Å². The van der Waals surface area contributed by atoms with E-state index in [-0.39, 0.29) is 18.7 Å². The number of carbonyl (C=O) groups is 2. The van der Waals surface area contributed by atoms with Gasteiger partial charge in [0.1, 0.15) is 0 Å². The summed E-state index contributed by atoms with van der Waals surface area (Å²) < 4.78 is 0. The van der Waals surface area contributed by atoms with Crippen LogP contribution in [0.1, 0.15) is 19.3 Å². The molecular weight excluding hydrogens is 244 g/mol. The summed E-state index contributed by atoms with van der Waals surface area (Å²) in [6.07, 6.45) is 0.997. The first-order valence-corrected chi connectivity index (χ1v) is 6.45. The van der Waals surface area contributed by atoms with E-state index in [4.69, 9.17) is 16.7 Å². The molecule has 1 amide bonds. The number of carboxylic acids is 1. The van der Waals surface area contributed by atoms with E-state index < -0.39 is 5.97 Å². The van der Waals surface area contributed by atoms with E-state index in [1.54, 1.807) is 4.90 Å². The molecule has 1 aliphatic rings. The lowest BCUT2D eigenvalue weighted by Gasteiger charge is -2.34. The van der Waals surface area contributed by atoms with E-state index in [1.165, 1.54) is 0 Å². The number of hydrogen-bond donors (Lipinski definition) is 1. The third-order valence-electron chi connectivity index (χ3n) is 2.89. The first-order valence-electron chi connectivity index (χ1n) is 5.91. The summed E-state index contributed by atoms with van der Waals surface area (Å²) in [5, 5.41) is 8.51. The van der Waals surface area contributed by atoms with Crippen LogP contribution in [0.2, 0.25) is 0 Å². The van der Waals surface area contributed by atoms with Crippen molar-refractivity contribution in [1.29, 1.82) is 0 Å². The van der Waals surface area contributed by atoms with Crippen molar-refractivity contribution < 1.29 is 14.7 Å². The lowest BCUT2D eigenvalue weighted by atomic mass is 10.2. The lowest BCUT2D eigenvalue weighted by Crippen LogP contribution is -2.48. The highest BCUT2D eigenvalue weighted by Gasteiger charge is 2.20. The zero-order valence-electron chi connectivity index (χ0n) is 9.90. The molecule has 1 aliphatic heterocycles. The van der Waals surface area contributed by atoms with Crippen LogP contribution in [0.5, 0.6) is 0 Å². The minimum absolute atomic E-state index is 0.0515. The number of rotatable bonds is 6. The highest BCUT2D eigenvalue weighted by molar-refractivity contribution is 6.17. The second kappa shape index (κ2) is 7.50. The Kier molecular flexibility index (Phi) is 6.29. The second-order valence-corrected chi connectivity index (χ2v) is 4.54. The van der Waals surface area contributed by atoms with Gasteiger partial charge in [0.15, 0.2) is 0 Å². The Labute approximate surface area is 106 Å². The molecule has 1 N–H and O–H groups in total. The number of aliphatic carboxylic acids is 1. The van der Waals surface area contributed by atoms with Crippen molar-refractivity contribution in [1.82, 2.24) is 9.80 Å². The number of carboxylic acid groups (broad SMARTS) is 1. The summed E-state index contributed by atoms with van der Waals surface area (Å²) in [5.41, 5.74) is 0. The van der Waals surface area contributed by atoms with E-state index in [0.717, 1.165) is 26.1 Å². The fourth-order valence-corrected chi connectivity index (χ4v) is 2.00. The molecule has 5 nitrogen and oxygen atoms in total. The zero-order valence-corrected chi connectivity index (χ0v) is 10.7. The van der Waals surface area contributed by atoms with Gasteiger partial charge in [-0.15, -0.1) is 11.6 Å². The maximum absolute atomic E-state index is 11.6. The van der Waals surface area contributed by atoms with Crippen LogP contribution in [0.4, 0.5) is 0 Å². The van der Waals surface area contributed by atoms with E-state index >= 15 is 0 Å². The predicted octanol–water partition coefficient (Wildman–Crippen LogP) is 0.624. The SMILES string of the molecule is O=C(O)CCC(=O)N1CCN(CCCCl)CC1. The molecule has 1 saturated heterocycles. The fraction of sp³-hybridized carbons (Fsp3) is 0.818. The van der Waals surface area contributed by atoms with Gasteiger partial charge in [-0.25, -0.2) is 0 Å². The van der Waals surface area contributed by atoms with Crippen LogP contribution in [0.25, 0.3) is 0 Å². The molecule has 0 atom stereocenters. The number of alkyl halides is 1. The average molecular weight is 263 g/mol. The van der Waals surface area contributed by atoms with Gasteiger partial charge in [0.05, 0.1) is 6.42 Å². The van der Waals surface area contributed by atoms with Crippen LogP contribution >= 0.6 is 11.6 Å². The van der Waals surface area contributed by atoms with Crippen molar-refractivity contribution in [2.45, 2.75) is 19.3 Å². The van der Waals surface area contributed by atoms with Gasteiger partial charge in [-0.05, 0) is 13.0 Å². The molecule has 0 spiro atoms. The largest absolute Gasteiger partial charge is 0.481 e. The minimum atomic E-state index is -0.918. The average Bonchev–Trinajstić information content (AvgIpc) is 2.34. The van der Waals surface area contributed by atoms with E-state index in [9.17, 15) is 9.59 Å². The van der Waals surface area contributed by atoms with Gasteiger partial charge in [0.2, 0.25) is 5.91 Å². The van der Waals surface area contributed by atoms with Gasteiger partial charge in [-0.1, -0.05) is 0 Å². The summed E-state index contributed by atoms with van der Waals surface area (Å²) in [4.78, 5) is 26.0. The van der Waals surface area contributed by atoms with Crippen LogP contribution in [-0.2, 0) is 9.59 Å². The maximum Gasteiger partial charge on any atom is 0.303 e. The minimum Gasteiger partial charge on any atom is -0.481 e. The summed E-state index contributed by atoms with van der Waals surface area (Å²) in [5.74, 6) is -0.305. The molecule has 0 saturated carbocycles. The summed E-state index contributed by atoms with van der Waals surface area (Å²) in [6.45, 7) is 4.08. The summed E-state index contributed by atoms with van der Waals surface area (Å²) in [7, 11) is 0. The molecule has 6 heteroatoms. The molecule has 0 aromatic heterocycles. The molecule has 0 radical (unpaired) electrons. The number of halogens is 1. The monoisotopic (exact) mass is 262 g/mol. The highest BCUT2D eigenvalue weighted by atomic mass is 35.5. The smallest absolute Gasteiger partial charge is 0.303 e. The third kappa shape index (κ3) is 5.37. The molecule has 0 unspecified atom stereocenters. The van der Waals surface area contributed by atoms with E-state index in [2.05, 4.69) is 4.90 Å². The van der Waals surface area contributed by atoms with Gasteiger partial charge in [0.25, 0.3) is 0 Å². The third-order valence-corrected chi connectivity index (χ3v) is 3.15. The Morgan fingerprint density at radius 3 is 2.29 bits per heavy atom. The molecule has 0 aromatic carbocycles. The lowest BCUT2D eigenvalue weighted by molar-refractivity contribution is -0.141. The maximum atomic E-state index is 11.6. The Bertz CT molecular complexity index is 265. The number of piperazine rings is 1. The Morgan fingerprint density at radius 1 is 1.12 bits per heavy atom. The standard InChI is InChI=1S/C11H19ClN2O3/c12-4-1-5-13-6-8-14(9-7-13)10(15)2-3-11(16)17/h1-9H2,(H,16,17). The van der Waals surface area contributed by atoms with Crippen LogP contribution in [0, 0.1) is 0 Å². The van der Waals surface area contributed by atoms with Crippen molar-refractivity contribution in [3.8, 4) is 0 Å². The van der Waals surface area contributed by atoms with E-state index in [1.807, 2.05) is 0 Å². The van der Waals surface area contributed by atoms with Crippen molar-refractivity contribution in [2.24, 2.45) is 0 Å². The van der Waals surface area contributed by atoms with Gasteiger partial charge >= 0.3 is 5.97 Å². The number of amides is 1. The van der Waals surface area contributed by atoms with Crippen molar-refractivity contribution in [2.75, 3.05) is 38.6 Å². The normalized spacial score (nSPS) is 17.1. The number of carbonyl (C=O) groups excluding carboxylic acids is 1.